The highest BCUT2D eigenvalue weighted by Gasteiger charge is 2.11. The van der Waals surface area contributed by atoms with E-state index in [0.717, 1.165) is 16.7 Å². The highest BCUT2D eigenvalue weighted by molar-refractivity contribution is 7.84. The Morgan fingerprint density at radius 2 is 1.75 bits per heavy atom. The minimum Gasteiger partial charge on any atom is -0.337 e. The minimum absolute atomic E-state index is 0.0685. The van der Waals surface area contributed by atoms with Crippen LogP contribution in [-0.4, -0.2) is 22.5 Å². The van der Waals surface area contributed by atoms with Crippen molar-refractivity contribution >= 4 is 16.8 Å². The van der Waals surface area contributed by atoms with Gasteiger partial charge >= 0.3 is 6.03 Å². The van der Waals surface area contributed by atoms with Crippen LogP contribution in [-0.2, 0) is 16.6 Å². The van der Waals surface area contributed by atoms with Crippen LogP contribution in [0.5, 0.6) is 0 Å². The first kappa shape index (κ1) is 18.2. The van der Waals surface area contributed by atoms with E-state index in [9.17, 15) is 9.00 Å². The lowest BCUT2D eigenvalue weighted by molar-refractivity contribution is 0.238. The zero-order valence-corrected chi connectivity index (χ0v) is 14.9. The number of urea groups is 1. The summed E-state index contributed by atoms with van der Waals surface area (Å²) >= 11 is 0. The Bertz CT molecular complexity index is 689. The zero-order chi connectivity index (χ0) is 17.4. The number of benzene rings is 2. The van der Waals surface area contributed by atoms with E-state index in [1.54, 1.807) is 0 Å². The van der Waals surface area contributed by atoms with Crippen LogP contribution in [0.25, 0.3) is 0 Å². The maximum Gasteiger partial charge on any atom is 0.315 e. The minimum atomic E-state index is -0.982. The SMILES string of the molecule is Cc1ccccc1[C@@H](C)NC(=O)NCC[S@@](=O)Cc1ccccc1. The molecule has 128 valence electrons. The highest BCUT2D eigenvalue weighted by atomic mass is 32.2. The summed E-state index contributed by atoms with van der Waals surface area (Å²) in [4.78, 5) is 12.0. The van der Waals surface area contributed by atoms with Crippen LogP contribution in [0.1, 0.15) is 29.7 Å². The molecule has 0 aromatic heterocycles. The van der Waals surface area contributed by atoms with Gasteiger partial charge in [-0.2, -0.15) is 0 Å². The molecular formula is C19H24N2O2S. The molecule has 0 bridgehead atoms. The smallest absolute Gasteiger partial charge is 0.315 e. The van der Waals surface area contributed by atoms with Gasteiger partial charge in [0.05, 0.1) is 6.04 Å². The Kier molecular flexibility index (Phi) is 7.00. The number of nitrogens with one attached hydrogen (secondary N) is 2. The fourth-order valence-corrected chi connectivity index (χ4v) is 3.55. The van der Waals surface area contributed by atoms with Crippen molar-refractivity contribution in [3.8, 4) is 0 Å². The lowest BCUT2D eigenvalue weighted by Crippen LogP contribution is -2.39. The Morgan fingerprint density at radius 1 is 1.08 bits per heavy atom. The van der Waals surface area contributed by atoms with Gasteiger partial charge in [-0.15, -0.1) is 0 Å². The maximum atomic E-state index is 12.0. The maximum absolute atomic E-state index is 12.0. The highest BCUT2D eigenvalue weighted by Crippen LogP contribution is 2.16. The first-order chi connectivity index (χ1) is 11.6. The first-order valence-corrected chi connectivity index (χ1v) is 9.54. The second kappa shape index (κ2) is 9.23. The molecule has 4 nitrogen and oxygen atoms in total. The monoisotopic (exact) mass is 344 g/mol. The molecule has 0 saturated carbocycles. The molecule has 0 aliphatic heterocycles. The van der Waals surface area contributed by atoms with Gasteiger partial charge in [0.2, 0.25) is 0 Å². The molecule has 0 aliphatic carbocycles. The summed E-state index contributed by atoms with van der Waals surface area (Å²) in [6.45, 7) is 4.37. The van der Waals surface area contributed by atoms with Crippen LogP contribution in [0.4, 0.5) is 4.79 Å². The molecule has 2 atom stereocenters. The van der Waals surface area contributed by atoms with Gasteiger partial charge in [0, 0.05) is 28.9 Å². The van der Waals surface area contributed by atoms with E-state index in [-0.39, 0.29) is 12.1 Å². The van der Waals surface area contributed by atoms with Crippen molar-refractivity contribution in [3.05, 3.63) is 71.3 Å². The van der Waals surface area contributed by atoms with E-state index in [0.29, 0.717) is 18.1 Å². The summed E-state index contributed by atoms with van der Waals surface area (Å²) in [5, 5.41) is 5.69. The predicted octanol–water partition coefficient (Wildman–Crippen LogP) is 3.30. The molecular weight excluding hydrogens is 320 g/mol. The number of amides is 2. The number of carbonyl (C=O) groups excluding carboxylic acids is 1. The number of aryl methyl sites for hydroxylation is 1. The molecule has 2 amide bonds. The Balaban J connectivity index is 1.71. The molecule has 2 rings (SSSR count). The molecule has 24 heavy (non-hydrogen) atoms. The van der Waals surface area contributed by atoms with Gasteiger partial charge in [-0.25, -0.2) is 4.79 Å². The van der Waals surface area contributed by atoms with Crippen LogP contribution >= 0.6 is 0 Å². The summed E-state index contributed by atoms with van der Waals surface area (Å²) < 4.78 is 12.0. The van der Waals surface area contributed by atoms with Gasteiger partial charge in [-0.05, 0) is 30.5 Å². The standard InChI is InChI=1S/C19H24N2O2S/c1-15-8-6-7-11-18(15)16(2)21-19(22)20-12-13-24(23)14-17-9-4-3-5-10-17/h3-11,16H,12-14H2,1-2H3,(H2,20,21,22)/t16-,24-/m1/s1. The van der Waals surface area contributed by atoms with Crippen LogP contribution in [0.15, 0.2) is 54.6 Å². The quantitative estimate of drug-likeness (QED) is 0.810. The molecule has 0 unspecified atom stereocenters. The van der Waals surface area contributed by atoms with Gasteiger partial charge in [0.15, 0.2) is 0 Å². The summed E-state index contributed by atoms with van der Waals surface area (Å²) in [5.74, 6) is 0.963. The molecule has 0 saturated heterocycles. The van der Waals surface area contributed by atoms with E-state index in [1.165, 1.54) is 0 Å². The third kappa shape index (κ3) is 5.81. The van der Waals surface area contributed by atoms with Crippen LogP contribution in [0.3, 0.4) is 0 Å². The van der Waals surface area contributed by atoms with E-state index in [4.69, 9.17) is 0 Å². The summed E-state index contributed by atoms with van der Waals surface area (Å²) in [6, 6.07) is 17.4. The summed E-state index contributed by atoms with van der Waals surface area (Å²) in [6.07, 6.45) is 0. The molecule has 0 aliphatic rings. The lowest BCUT2D eigenvalue weighted by atomic mass is 10.0. The van der Waals surface area contributed by atoms with Crippen LogP contribution < -0.4 is 10.6 Å². The predicted molar refractivity (Wildman–Crippen MR) is 99.3 cm³/mol. The molecule has 2 N–H and O–H groups in total. The topological polar surface area (TPSA) is 58.2 Å². The molecule has 0 heterocycles. The van der Waals surface area contributed by atoms with Crippen molar-refractivity contribution in [1.82, 2.24) is 10.6 Å². The van der Waals surface area contributed by atoms with E-state index in [1.807, 2.05) is 68.4 Å². The van der Waals surface area contributed by atoms with Gasteiger partial charge in [0.25, 0.3) is 0 Å². The van der Waals surface area contributed by atoms with Crippen LogP contribution in [0, 0.1) is 6.92 Å². The normalized spacial score (nSPS) is 13.1. The van der Waals surface area contributed by atoms with Crippen molar-refractivity contribution in [2.75, 3.05) is 12.3 Å². The number of rotatable bonds is 7. The van der Waals surface area contributed by atoms with E-state index >= 15 is 0 Å². The number of hydrogen-bond acceptors (Lipinski definition) is 2. The van der Waals surface area contributed by atoms with Gasteiger partial charge in [0.1, 0.15) is 0 Å². The van der Waals surface area contributed by atoms with Crippen molar-refractivity contribution in [3.63, 3.8) is 0 Å². The Labute approximate surface area is 146 Å². The second-order valence-electron chi connectivity index (χ2n) is 5.75. The fourth-order valence-electron chi connectivity index (χ4n) is 2.51. The molecule has 2 aromatic rings. The van der Waals surface area contributed by atoms with Gasteiger partial charge in [-0.3, -0.25) is 4.21 Å². The second-order valence-corrected chi connectivity index (χ2v) is 7.33. The molecule has 5 heteroatoms. The summed E-state index contributed by atoms with van der Waals surface area (Å²) in [5.41, 5.74) is 3.29. The molecule has 2 aromatic carbocycles. The summed E-state index contributed by atoms with van der Waals surface area (Å²) in [7, 11) is -0.982. The third-order valence-electron chi connectivity index (χ3n) is 3.79. The Hall–Kier alpha value is -2.14. The van der Waals surface area contributed by atoms with Crippen LogP contribution in [0.2, 0.25) is 0 Å². The van der Waals surface area contributed by atoms with Crippen molar-refractivity contribution in [2.24, 2.45) is 0 Å². The van der Waals surface area contributed by atoms with E-state index in [2.05, 4.69) is 10.6 Å². The van der Waals surface area contributed by atoms with Crippen molar-refractivity contribution in [2.45, 2.75) is 25.6 Å². The van der Waals surface area contributed by atoms with Gasteiger partial charge < -0.3 is 10.6 Å². The van der Waals surface area contributed by atoms with Gasteiger partial charge in [-0.1, -0.05) is 54.6 Å². The molecule has 0 radical (unpaired) electrons. The molecule has 0 fully saturated rings. The number of carbonyl (C=O) groups is 1. The lowest BCUT2D eigenvalue weighted by Gasteiger charge is -2.17. The zero-order valence-electron chi connectivity index (χ0n) is 14.1. The van der Waals surface area contributed by atoms with Crippen molar-refractivity contribution < 1.29 is 9.00 Å². The third-order valence-corrected chi connectivity index (χ3v) is 5.10. The Morgan fingerprint density at radius 3 is 2.46 bits per heavy atom. The first-order valence-electron chi connectivity index (χ1n) is 8.05. The average molecular weight is 344 g/mol. The fraction of sp³-hybridized carbons (Fsp3) is 0.316. The largest absolute Gasteiger partial charge is 0.337 e. The molecule has 0 spiro atoms. The van der Waals surface area contributed by atoms with Crippen molar-refractivity contribution in [1.29, 1.82) is 0 Å². The number of hydrogen-bond donors (Lipinski definition) is 2. The van der Waals surface area contributed by atoms with E-state index < -0.39 is 10.8 Å². The average Bonchev–Trinajstić information content (AvgIpc) is 2.56.